The second kappa shape index (κ2) is 6.84. The number of aromatic nitrogens is 1. The summed E-state index contributed by atoms with van der Waals surface area (Å²) in [6.45, 7) is 5.23. The van der Waals surface area contributed by atoms with Crippen molar-refractivity contribution < 1.29 is 4.79 Å². The summed E-state index contributed by atoms with van der Waals surface area (Å²) in [4.78, 5) is 20.4. The quantitative estimate of drug-likeness (QED) is 0.853. The fourth-order valence-corrected chi connectivity index (χ4v) is 4.97. The number of hydrogen-bond donors (Lipinski definition) is 1. The highest BCUT2D eigenvalue weighted by Crippen LogP contribution is 2.33. The number of anilines is 1. The summed E-state index contributed by atoms with van der Waals surface area (Å²) in [5.41, 5.74) is 1.50. The van der Waals surface area contributed by atoms with Gasteiger partial charge in [0.25, 0.3) is 5.91 Å². The largest absolute Gasteiger partial charge is 0.298 e. The van der Waals surface area contributed by atoms with Gasteiger partial charge in [0.05, 0.1) is 15.6 Å². The lowest BCUT2D eigenvalue weighted by Gasteiger charge is -2.24. The molecule has 118 valence electrons. The van der Waals surface area contributed by atoms with Crippen molar-refractivity contribution in [1.29, 1.82) is 0 Å². The Bertz CT molecular complexity index is 698. The molecule has 8 heteroatoms. The summed E-state index contributed by atoms with van der Waals surface area (Å²) in [6.07, 6.45) is 2.09. The number of thiophene rings is 1. The van der Waals surface area contributed by atoms with Gasteiger partial charge in [0, 0.05) is 24.4 Å². The maximum Gasteiger partial charge on any atom is 0.259 e. The standard InChI is InChI=1S/C14H15Cl2N3OS2/c1-2-4-19-5-3-9-10(7-19)21-14(17-9)18-13(20)8-6-11(15)22-12(8)16/h6H,2-5,7H2,1H3,(H,17,18,20). The molecule has 3 rings (SSSR count). The molecule has 2 aromatic heterocycles. The molecule has 2 aromatic rings. The number of amides is 1. The minimum absolute atomic E-state index is 0.260. The first kappa shape index (κ1) is 16.2. The van der Waals surface area contributed by atoms with Crippen molar-refractivity contribution in [3.8, 4) is 0 Å². The zero-order chi connectivity index (χ0) is 15.7. The molecular formula is C14H15Cl2N3OS2. The maximum absolute atomic E-state index is 12.2. The number of rotatable bonds is 4. The van der Waals surface area contributed by atoms with Crippen LogP contribution in [0, 0.1) is 0 Å². The van der Waals surface area contributed by atoms with E-state index in [4.69, 9.17) is 23.2 Å². The first-order valence-corrected chi connectivity index (χ1v) is 9.42. The predicted octanol–water partition coefficient (Wildman–Crippen LogP) is 4.53. The Balaban J connectivity index is 1.72. The van der Waals surface area contributed by atoms with E-state index in [0.29, 0.717) is 19.4 Å². The van der Waals surface area contributed by atoms with Crippen LogP contribution in [0.15, 0.2) is 6.07 Å². The number of thiazole rings is 1. The van der Waals surface area contributed by atoms with Crippen LogP contribution in [0.4, 0.5) is 5.13 Å². The Morgan fingerprint density at radius 1 is 1.45 bits per heavy atom. The molecule has 0 aromatic carbocycles. The summed E-state index contributed by atoms with van der Waals surface area (Å²) >= 11 is 14.6. The third-order valence-electron chi connectivity index (χ3n) is 3.47. The predicted molar refractivity (Wildman–Crippen MR) is 93.7 cm³/mol. The van der Waals surface area contributed by atoms with Crippen molar-refractivity contribution in [2.45, 2.75) is 26.3 Å². The van der Waals surface area contributed by atoms with Gasteiger partial charge >= 0.3 is 0 Å². The summed E-state index contributed by atoms with van der Waals surface area (Å²) < 4.78 is 0.904. The smallest absolute Gasteiger partial charge is 0.259 e. The molecule has 1 amide bonds. The molecule has 4 nitrogen and oxygen atoms in total. The SMILES string of the molecule is CCCN1CCc2nc(NC(=O)c3cc(Cl)sc3Cl)sc2C1. The van der Waals surface area contributed by atoms with Crippen molar-refractivity contribution >= 4 is 56.9 Å². The molecule has 0 unspecified atom stereocenters. The van der Waals surface area contributed by atoms with Gasteiger partial charge < -0.3 is 0 Å². The van der Waals surface area contributed by atoms with E-state index in [0.717, 1.165) is 38.2 Å². The highest BCUT2D eigenvalue weighted by molar-refractivity contribution is 7.20. The van der Waals surface area contributed by atoms with Crippen molar-refractivity contribution in [3.05, 3.63) is 30.9 Å². The van der Waals surface area contributed by atoms with E-state index in [1.54, 1.807) is 17.4 Å². The molecule has 0 saturated carbocycles. The molecule has 0 radical (unpaired) electrons. The van der Waals surface area contributed by atoms with Crippen LogP contribution in [-0.4, -0.2) is 28.9 Å². The number of fused-ring (bicyclic) bond motifs is 1. The highest BCUT2D eigenvalue weighted by Gasteiger charge is 2.22. The van der Waals surface area contributed by atoms with Gasteiger partial charge in [-0.25, -0.2) is 4.98 Å². The van der Waals surface area contributed by atoms with E-state index in [2.05, 4.69) is 22.1 Å². The molecule has 0 atom stereocenters. The summed E-state index contributed by atoms with van der Waals surface area (Å²) in [7, 11) is 0. The van der Waals surface area contributed by atoms with Crippen LogP contribution in [0.25, 0.3) is 0 Å². The Labute approximate surface area is 147 Å². The number of carbonyl (C=O) groups is 1. The Morgan fingerprint density at radius 2 is 2.27 bits per heavy atom. The van der Waals surface area contributed by atoms with E-state index in [-0.39, 0.29) is 5.91 Å². The van der Waals surface area contributed by atoms with Crippen molar-refractivity contribution in [1.82, 2.24) is 9.88 Å². The van der Waals surface area contributed by atoms with Gasteiger partial charge in [-0.15, -0.1) is 22.7 Å². The Kier molecular flexibility index (Phi) is 5.04. The molecule has 0 bridgehead atoms. The van der Waals surface area contributed by atoms with Crippen LogP contribution in [0.2, 0.25) is 8.67 Å². The molecule has 1 aliphatic heterocycles. The van der Waals surface area contributed by atoms with E-state index in [1.165, 1.54) is 16.2 Å². The van der Waals surface area contributed by atoms with Crippen molar-refractivity contribution in [3.63, 3.8) is 0 Å². The minimum atomic E-state index is -0.260. The molecule has 1 N–H and O–H groups in total. The van der Waals surface area contributed by atoms with Crippen LogP contribution in [0.5, 0.6) is 0 Å². The third kappa shape index (κ3) is 3.46. The number of nitrogens with zero attached hydrogens (tertiary/aromatic N) is 2. The molecule has 1 aliphatic rings. The molecule has 0 saturated heterocycles. The molecule has 0 spiro atoms. The van der Waals surface area contributed by atoms with Gasteiger partial charge in [-0.1, -0.05) is 30.1 Å². The minimum Gasteiger partial charge on any atom is -0.298 e. The van der Waals surface area contributed by atoms with E-state index < -0.39 is 0 Å². The number of carbonyl (C=O) groups excluding carboxylic acids is 1. The summed E-state index contributed by atoms with van der Waals surface area (Å²) in [5.74, 6) is -0.260. The van der Waals surface area contributed by atoms with Crippen LogP contribution >= 0.6 is 45.9 Å². The van der Waals surface area contributed by atoms with Crippen LogP contribution in [0.1, 0.15) is 34.3 Å². The fourth-order valence-electron chi connectivity index (χ4n) is 2.47. The first-order valence-electron chi connectivity index (χ1n) is 7.04. The second-order valence-electron chi connectivity index (χ2n) is 5.11. The number of nitrogens with one attached hydrogen (secondary N) is 1. The van der Waals surface area contributed by atoms with Gasteiger partial charge in [0.15, 0.2) is 5.13 Å². The monoisotopic (exact) mass is 375 g/mol. The molecule has 0 fully saturated rings. The highest BCUT2D eigenvalue weighted by atomic mass is 35.5. The first-order chi connectivity index (χ1) is 10.6. The maximum atomic E-state index is 12.2. The lowest BCUT2D eigenvalue weighted by Crippen LogP contribution is -2.30. The summed E-state index contributed by atoms with van der Waals surface area (Å²) in [6, 6.07) is 1.58. The van der Waals surface area contributed by atoms with E-state index >= 15 is 0 Å². The van der Waals surface area contributed by atoms with Gasteiger partial charge in [-0.3, -0.25) is 15.0 Å². The third-order valence-corrected chi connectivity index (χ3v) is 5.96. The van der Waals surface area contributed by atoms with Gasteiger partial charge in [-0.05, 0) is 19.0 Å². The number of halogens is 2. The average Bonchev–Trinajstić information content (AvgIpc) is 3.01. The second-order valence-corrected chi connectivity index (χ2v) is 8.48. The van der Waals surface area contributed by atoms with Crippen molar-refractivity contribution in [2.75, 3.05) is 18.4 Å². The van der Waals surface area contributed by atoms with Crippen LogP contribution in [0.3, 0.4) is 0 Å². The Morgan fingerprint density at radius 3 is 2.95 bits per heavy atom. The van der Waals surface area contributed by atoms with Gasteiger partial charge in [0.2, 0.25) is 0 Å². The molecule has 0 aliphatic carbocycles. The average molecular weight is 376 g/mol. The Hall–Kier alpha value is -0.660. The van der Waals surface area contributed by atoms with Gasteiger partial charge in [0.1, 0.15) is 4.34 Å². The zero-order valence-electron chi connectivity index (χ0n) is 12.0. The lowest BCUT2D eigenvalue weighted by molar-refractivity contribution is 0.102. The summed E-state index contributed by atoms with van der Waals surface area (Å²) in [5, 5.41) is 3.46. The van der Waals surface area contributed by atoms with Crippen LogP contribution < -0.4 is 5.32 Å². The van der Waals surface area contributed by atoms with Crippen LogP contribution in [-0.2, 0) is 13.0 Å². The van der Waals surface area contributed by atoms with Crippen molar-refractivity contribution in [2.24, 2.45) is 0 Å². The lowest BCUT2D eigenvalue weighted by atomic mass is 10.2. The van der Waals surface area contributed by atoms with E-state index in [1.807, 2.05) is 0 Å². The number of hydrogen-bond acceptors (Lipinski definition) is 5. The normalized spacial score (nSPS) is 14.9. The zero-order valence-corrected chi connectivity index (χ0v) is 15.1. The van der Waals surface area contributed by atoms with E-state index in [9.17, 15) is 4.79 Å². The molecular weight excluding hydrogens is 361 g/mol. The fraction of sp³-hybridized carbons (Fsp3) is 0.429. The molecule has 3 heterocycles. The van der Waals surface area contributed by atoms with Gasteiger partial charge in [-0.2, -0.15) is 0 Å². The molecule has 22 heavy (non-hydrogen) atoms. The topological polar surface area (TPSA) is 45.2 Å².